The van der Waals surface area contributed by atoms with Gasteiger partial charge in [-0.15, -0.1) is 4.37 Å². The van der Waals surface area contributed by atoms with E-state index in [1.807, 2.05) is 0 Å². The van der Waals surface area contributed by atoms with Gasteiger partial charge in [0.15, 0.2) is 16.6 Å². The minimum atomic E-state index is -1.44. The Balaban J connectivity index is 1.60. The van der Waals surface area contributed by atoms with Crippen molar-refractivity contribution in [3.05, 3.63) is 33.6 Å². The third-order valence-corrected chi connectivity index (χ3v) is 6.60. The minimum absolute atomic E-state index is 0.00472. The second-order valence-electron chi connectivity index (χ2n) is 7.82. The Morgan fingerprint density at radius 3 is 2.61 bits per heavy atom. The minimum Gasteiger partial charge on any atom is -0.469 e. The monoisotopic (exact) mass is 595 g/mol. The first-order valence-electron chi connectivity index (χ1n) is 10.9. The Hall–Kier alpha value is -2.62. The lowest BCUT2D eigenvalue weighted by Gasteiger charge is -2.32. The van der Waals surface area contributed by atoms with Gasteiger partial charge in [-0.1, -0.05) is 0 Å². The third kappa shape index (κ3) is 7.44. The summed E-state index contributed by atoms with van der Waals surface area (Å²) in [5.41, 5.74) is -0.694. The van der Waals surface area contributed by atoms with Crippen LogP contribution in [0.4, 0.5) is 27.8 Å². The molecule has 0 unspecified atom stereocenters. The molecule has 0 atom stereocenters. The molecule has 2 amide bonds. The summed E-state index contributed by atoms with van der Waals surface area (Å²) in [4.78, 5) is 28.6. The Morgan fingerprint density at radius 1 is 1.19 bits per heavy atom. The SMILES string of the molecule is COC(=O)Oc1c(OCc2c(F)cc(Br)c(F)c2F)nsc1NC(=O)NCCCN1CCN(C)CC1. The van der Waals surface area contributed by atoms with Crippen molar-refractivity contribution >= 4 is 44.6 Å². The number of rotatable bonds is 9. The van der Waals surface area contributed by atoms with Crippen molar-refractivity contribution in [3.8, 4) is 11.6 Å². The van der Waals surface area contributed by atoms with Gasteiger partial charge in [-0.05, 0) is 53.5 Å². The Bertz CT molecular complexity index is 1080. The molecule has 2 aromatic rings. The number of likely N-dealkylation sites (N-methyl/N-ethyl adjacent to an activating group) is 1. The number of piperazine rings is 1. The summed E-state index contributed by atoms with van der Waals surface area (Å²) >= 11 is 3.42. The number of benzene rings is 1. The number of amides is 2. The molecular formula is C21H25BrF3N5O5S. The van der Waals surface area contributed by atoms with Crippen LogP contribution in [0.5, 0.6) is 11.6 Å². The van der Waals surface area contributed by atoms with E-state index in [4.69, 9.17) is 9.47 Å². The fourth-order valence-corrected chi connectivity index (χ4v) is 4.29. The predicted octanol–water partition coefficient (Wildman–Crippen LogP) is 3.81. The van der Waals surface area contributed by atoms with Gasteiger partial charge in [-0.2, -0.15) is 0 Å². The lowest BCUT2D eigenvalue weighted by molar-refractivity contribution is 0.119. The zero-order chi connectivity index (χ0) is 26.2. The number of urea groups is 1. The van der Waals surface area contributed by atoms with Gasteiger partial charge in [0.1, 0.15) is 12.4 Å². The van der Waals surface area contributed by atoms with Gasteiger partial charge in [0.25, 0.3) is 5.88 Å². The van der Waals surface area contributed by atoms with Crippen molar-refractivity contribution in [1.82, 2.24) is 19.5 Å². The number of ether oxygens (including phenoxy) is 3. The first kappa shape index (κ1) is 28.0. The lowest BCUT2D eigenvalue weighted by Crippen LogP contribution is -2.45. The molecule has 198 valence electrons. The van der Waals surface area contributed by atoms with Crippen molar-refractivity contribution in [3.63, 3.8) is 0 Å². The fourth-order valence-electron chi connectivity index (χ4n) is 3.25. The summed E-state index contributed by atoms with van der Waals surface area (Å²) in [5.74, 6) is -4.45. The molecule has 1 aromatic heterocycles. The van der Waals surface area contributed by atoms with E-state index in [2.05, 4.69) is 52.5 Å². The highest BCUT2D eigenvalue weighted by molar-refractivity contribution is 9.10. The van der Waals surface area contributed by atoms with Crippen molar-refractivity contribution < 1.29 is 37.0 Å². The molecule has 0 aliphatic carbocycles. The first-order chi connectivity index (χ1) is 17.2. The predicted molar refractivity (Wildman–Crippen MR) is 129 cm³/mol. The van der Waals surface area contributed by atoms with Crippen molar-refractivity contribution in [2.24, 2.45) is 0 Å². The van der Waals surface area contributed by atoms with E-state index in [1.54, 1.807) is 0 Å². The Labute approximate surface area is 218 Å². The van der Waals surface area contributed by atoms with Crippen molar-refractivity contribution in [2.75, 3.05) is 58.7 Å². The molecule has 0 spiro atoms. The number of methoxy groups -OCH3 is 1. The summed E-state index contributed by atoms with van der Waals surface area (Å²) in [6, 6.07) is 0.177. The number of anilines is 1. The second-order valence-corrected chi connectivity index (χ2v) is 9.44. The van der Waals surface area contributed by atoms with Crippen LogP contribution in [0.25, 0.3) is 0 Å². The molecule has 36 heavy (non-hydrogen) atoms. The lowest BCUT2D eigenvalue weighted by atomic mass is 10.2. The van der Waals surface area contributed by atoms with E-state index in [1.165, 1.54) is 0 Å². The first-order valence-corrected chi connectivity index (χ1v) is 12.4. The highest BCUT2D eigenvalue weighted by Gasteiger charge is 2.24. The maximum Gasteiger partial charge on any atom is 0.513 e. The van der Waals surface area contributed by atoms with Crippen molar-refractivity contribution in [1.29, 1.82) is 0 Å². The Morgan fingerprint density at radius 2 is 1.92 bits per heavy atom. The van der Waals surface area contributed by atoms with E-state index in [0.29, 0.717) is 18.1 Å². The zero-order valence-electron chi connectivity index (χ0n) is 19.5. The average molecular weight is 596 g/mol. The highest BCUT2D eigenvalue weighted by Crippen LogP contribution is 2.40. The number of halogens is 4. The molecule has 0 bridgehead atoms. The highest BCUT2D eigenvalue weighted by atomic mass is 79.9. The number of aromatic nitrogens is 1. The molecule has 2 heterocycles. The van der Waals surface area contributed by atoms with E-state index in [9.17, 15) is 22.8 Å². The molecule has 0 saturated carbocycles. The maximum absolute atomic E-state index is 14.1. The van der Waals surface area contributed by atoms with Crippen molar-refractivity contribution in [2.45, 2.75) is 13.0 Å². The van der Waals surface area contributed by atoms with Gasteiger partial charge in [0.05, 0.1) is 17.1 Å². The number of nitrogens with zero attached hydrogens (tertiary/aromatic N) is 3. The summed E-state index contributed by atoms with van der Waals surface area (Å²) in [5, 5.41) is 5.20. The standard InChI is InChI=1S/C21H25BrF3N5O5S/c1-29-6-8-30(9-7-29)5-3-4-26-20(31)27-19-17(35-21(32)33-2)18(28-36-19)34-11-12-14(23)10-13(22)16(25)15(12)24/h10H,3-9,11H2,1-2H3,(H2,26,27,31). The Kier molecular flexibility index (Phi) is 10.2. The van der Waals surface area contributed by atoms with Gasteiger partial charge in [0, 0.05) is 32.7 Å². The summed E-state index contributed by atoms with van der Waals surface area (Å²) in [6.45, 7) is 4.43. The summed E-state index contributed by atoms with van der Waals surface area (Å²) in [7, 11) is 3.15. The van der Waals surface area contributed by atoms with Gasteiger partial charge < -0.3 is 29.3 Å². The molecule has 1 aliphatic rings. The molecule has 15 heteroatoms. The number of carbonyl (C=O) groups excluding carboxylic acids is 2. The molecule has 10 nitrogen and oxygen atoms in total. The van der Waals surface area contributed by atoms with Crippen LogP contribution in [0.3, 0.4) is 0 Å². The quantitative estimate of drug-likeness (QED) is 0.195. The third-order valence-electron chi connectivity index (χ3n) is 5.29. The molecule has 0 radical (unpaired) electrons. The normalized spacial score (nSPS) is 14.4. The van der Waals surface area contributed by atoms with Gasteiger partial charge in [-0.3, -0.25) is 5.32 Å². The van der Waals surface area contributed by atoms with E-state index < -0.39 is 41.8 Å². The molecule has 1 saturated heterocycles. The van der Waals surface area contributed by atoms with Crippen LogP contribution in [0.2, 0.25) is 0 Å². The number of carbonyl (C=O) groups is 2. The second kappa shape index (κ2) is 13.1. The largest absolute Gasteiger partial charge is 0.513 e. The van der Waals surface area contributed by atoms with Crippen LogP contribution >= 0.6 is 27.5 Å². The number of nitrogens with one attached hydrogen (secondary N) is 2. The van der Waals surface area contributed by atoms with Crippen LogP contribution < -0.4 is 20.1 Å². The zero-order valence-corrected chi connectivity index (χ0v) is 21.9. The molecule has 2 N–H and O–H groups in total. The molecule has 3 rings (SSSR count). The molecule has 1 aromatic carbocycles. The molecular weight excluding hydrogens is 571 g/mol. The summed E-state index contributed by atoms with van der Waals surface area (Å²) in [6.07, 6.45) is -0.400. The number of hydrogen-bond acceptors (Lipinski definition) is 9. The van der Waals surface area contributed by atoms with Gasteiger partial charge in [-0.25, -0.2) is 22.8 Å². The van der Waals surface area contributed by atoms with Crippen LogP contribution in [-0.4, -0.2) is 79.8 Å². The number of hydrogen-bond donors (Lipinski definition) is 2. The molecule has 1 aliphatic heterocycles. The van der Waals surface area contributed by atoms with Gasteiger partial charge in [0.2, 0.25) is 5.75 Å². The smallest absolute Gasteiger partial charge is 0.469 e. The van der Waals surface area contributed by atoms with E-state index in [0.717, 1.165) is 52.3 Å². The van der Waals surface area contributed by atoms with Crippen LogP contribution in [0.1, 0.15) is 12.0 Å². The van der Waals surface area contributed by atoms with Gasteiger partial charge >= 0.3 is 12.2 Å². The van der Waals surface area contributed by atoms with E-state index in [-0.39, 0.29) is 21.1 Å². The maximum atomic E-state index is 14.1. The average Bonchev–Trinajstić information content (AvgIpc) is 3.22. The van der Waals surface area contributed by atoms with Crippen LogP contribution in [0, 0.1) is 17.5 Å². The topological polar surface area (TPSA) is 105 Å². The van der Waals surface area contributed by atoms with Crippen LogP contribution in [0.15, 0.2) is 10.5 Å². The molecule has 1 fully saturated rings. The summed E-state index contributed by atoms with van der Waals surface area (Å²) < 4.78 is 60.3. The van der Waals surface area contributed by atoms with E-state index >= 15 is 0 Å². The fraction of sp³-hybridized carbons (Fsp3) is 0.476. The van der Waals surface area contributed by atoms with Crippen LogP contribution in [-0.2, 0) is 11.3 Å².